The lowest BCUT2D eigenvalue weighted by atomic mass is 9.90. The van der Waals surface area contributed by atoms with E-state index in [1.54, 1.807) is 0 Å². The molecular weight excluding hydrogens is 525 g/mol. The lowest BCUT2D eigenvalue weighted by Gasteiger charge is -2.29. The summed E-state index contributed by atoms with van der Waals surface area (Å²) in [4.78, 5) is 52.3. The molecule has 1 aromatic rings. The monoisotopic (exact) mass is 548 g/mol. The molecule has 4 unspecified atom stereocenters. The Bertz CT molecular complexity index is 1210. The lowest BCUT2D eigenvalue weighted by molar-refractivity contribution is -0.0760. The van der Waals surface area contributed by atoms with Gasteiger partial charge in [0.1, 0.15) is 18.0 Å². The Morgan fingerprint density at radius 3 is 2.32 bits per heavy atom. The Morgan fingerprint density at radius 2 is 1.82 bits per heavy atom. The summed E-state index contributed by atoms with van der Waals surface area (Å²) in [6.07, 6.45) is -6.47. The van der Waals surface area contributed by atoms with Gasteiger partial charge >= 0.3 is 29.2 Å². The van der Waals surface area contributed by atoms with Gasteiger partial charge in [0.05, 0.1) is 6.10 Å². The van der Waals surface area contributed by atoms with Crippen molar-refractivity contribution in [1.29, 1.82) is 0 Å². The summed E-state index contributed by atoms with van der Waals surface area (Å²) in [6.45, 7) is 3.93. The van der Waals surface area contributed by atoms with Crippen molar-refractivity contribution in [2.75, 3.05) is 5.73 Å². The van der Waals surface area contributed by atoms with Gasteiger partial charge in [0.25, 0.3) is 0 Å². The number of ether oxygens (including phenoxy) is 1. The first-order chi connectivity index (χ1) is 15.3. The molecule has 0 bridgehead atoms. The fourth-order valence-corrected chi connectivity index (χ4v) is 6.43. The highest BCUT2D eigenvalue weighted by Gasteiger charge is 2.57. The Hall–Kier alpha value is -1.47. The number of phosphoric acid groups is 3. The fourth-order valence-electron chi connectivity index (χ4n) is 3.23. The van der Waals surface area contributed by atoms with Gasteiger partial charge < -0.3 is 40.9 Å². The third-order valence-corrected chi connectivity index (χ3v) is 8.34. The molecule has 0 saturated carbocycles. The second kappa shape index (κ2) is 9.88. The third kappa shape index (κ3) is 6.60. The maximum atomic E-state index is 12.5. The highest BCUT2D eigenvalue weighted by atomic mass is 31.3. The second-order valence-electron chi connectivity index (χ2n) is 7.08. The van der Waals surface area contributed by atoms with Gasteiger partial charge in [-0.25, -0.2) is 18.5 Å². The van der Waals surface area contributed by atoms with Crippen LogP contribution in [0.4, 0.5) is 5.82 Å². The average Bonchev–Trinajstić information content (AvgIpc) is 2.83. The number of hydrogen-bond acceptors (Lipinski definition) is 12. The molecule has 1 aliphatic heterocycles. The van der Waals surface area contributed by atoms with Crippen LogP contribution >= 0.6 is 23.5 Å². The largest absolute Gasteiger partial charge is 0.490 e. The molecule has 0 aliphatic carbocycles. The van der Waals surface area contributed by atoms with Crippen molar-refractivity contribution in [3.05, 3.63) is 22.2 Å². The standard InChI is InChI=1S/C14H23N4O13P3/c1-4-5-14(16)11(19)10(28-12(14)18-7(2)6-9(15)17-13(18)20)8(3)29-33(24,25)31-34(26,27)30-32(21,22)23/h6,8,10-12,19H,16H2,1-3H3,(H,24,25)(H,26,27)(H2,15,17,20)(H2,21,22,23)/t8-,10?,11+,12-,14?/m1/s1. The molecule has 0 aromatic carbocycles. The first kappa shape index (κ1) is 28.8. The zero-order chi connectivity index (χ0) is 26.3. The summed E-state index contributed by atoms with van der Waals surface area (Å²) in [7, 11) is -16.9. The van der Waals surface area contributed by atoms with E-state index >= 15 is 0 Å². The predicted molar refractivity (Wildman–Crippen MR) is 112 cm³/mol. The van der Waals surface area contributed by atoms with E-state index in [0.717, 1.165) is 11.5 Å². The molecule has 192 valence electrons. The first-order valence-corrected chi connectivity index (χ1v) is 13.6. The van der Waals surface area contributed by atoms with E-state index < -0.39 is 59.2 Å². The van der Waals surface area contributed by atoms with Crippen molar-refractivity contribution in [1.82, 2.24) is 9.55 Å². The molecule has 20 heteroatoms. The van der Waals surface area contributed by atoms with Crippen LogP contribution in [0.25, 0.3) is 0 Å². The molecule has 34 heavy (non-hydrogen) atoms. The first-order valence-electron chi connectivity index (χ1n) is 9.06. The predicted octanol–water partition coefficient (Wildman–Crippen LogP) is -1.16. The Kier molecular flexibility index (Phi) is 8.36. The summed E-state index contributed by atoms with van der Waals surface area (Å²) >= 11 is 0. The summed E-state index contributed by atoms with van der Waals surface area (Å²) < 4.78 is 53.0. The van der Waals surface area contributed by atoms with Crippen LogP contribution < -0.4 is 17.2 Å². The number of aliphatic hydroxyl groups excluding tert-OH is 1. The van der Waals surface area contributed by atoms with E-state index in [9.17, 15) is 33.4 Å². The number of aliphatic hydroxyl groups is 1. The highest BCUT2D eigenvalue weighted by Crippen LogP contribution is 2.66. The number of nitrogens with zero attached hydrogens (tertiary/aromatic N) is 2. The Balaban J connectivity index is 2.37. The smallest absolute Gasteiger partial charge is 0.387 e. The zero-order valence-electron chi connectivity index (χ0n) is 17.8. The van der Waals surface area contributed by atoms with Gasteiger partial charge in [0.2, 0.25) is 0 Å². The van der Waals surface area contributed by atoms with E-state index in [1.165, 1.54) is 19.9 Å². The maximum Gasteiger partial charge on any atom is 0.490 e. The number of nitrogen functional groups attached to an aromatic ring is 1. The van der Waals surface area contributed by atoms with Crippen molar-refractivity contribution in [2.24, 2.45) is 5.73 Å². The van der Waals surface area contributed by atoms with Crippen molar-refractivity contribution in [2.45, 2.75) is 50.8 Å². The Labute approximate surface area is 192 Å². The van der Waals surface area contributed by atoms with E-state index in [1.807, 2.05) is 0 Å². The topological polar surface area (TPSA) is 276 Å². The number of aryl methyl sites for hydroxylation is 1. The van der Waals surface area contributed by atoms with Crippen LogP contribution in [0.3, 0.4) is 0 Å². The van der Waals surface area contributed by atoms with Crippen LogP contribution in [0, 0.1) is 18.8 Å². The normalized spacial score (nSPS) is 29.5. The molecule has 0 spiro atoms. The number of aromatic nitrogens is 2. The number of nitrogens with two attached hydrogens (primary N) is 2. The molecule has 1 fully saturated rings. The number of rotatable bonds is 8. The van der Waals surface area contributed by atoms with Crippen molar-refractivity contribution in [3.63, 3.8) is 0 Å². The number of hydrogen-bond donors (Lipinski definition) is 7. The molecule has 0 amide bonds. The number of phosphoric ester groups is 1. The van der Waals surface area contributed by atoms with Gasteiger partial charge in [-0.3, -0.25) is 9.09 Å². The fraction of sp³-hybridized carbons (Fsp3) is 0.571. The summed E-state index contributed by atoms with van der Waals surface area (Å²) in [5, 5.41) is 10.8. The van der Waals surface area contributed by atoms with Gasteiger partial charge in [-0.05, 0) is 26.8 Å². The van der Waals surface area contributed by atoms with E-state index in [4.69, 9.17) is 26.0 Å². The molecule has 7 atom stereocenters. The second-order valence-corrected chi connectivity index (χ2v) is 11.5. The molecule has 2 heterocycles. The van der Waals surface area contributed by atoms with Crippen LogP contribution in [0.5, 0.6) is 0 Å². The van der Waals surface area contributed by atoms with E-state index in [0.29, 0.717) is 0 Å². The van der Waals surface area contributed by atoms with Crippen LogP contribution in [-0.2, 0) is 31.6 Å². The molecule has 0 radical (unpaired) electrons. The van der Waals surface area contributed by atoms with Gasteiger partial charge in [-0.15, -0.1) is 5.92 Å². The quantitative estimate of drug-likeness (QED) is 0.149. The van der Waals surface area contributed by atoms with Gasteiger partial charge in [-0.2, -0.15) is 13.6 Å². The maximum absolute atomic E-state index is 12.5. The van der Waals surface area contributed by atoms with Gasteiger partial charge in [0, 0.05) is 5.69 Å². The van der Waals surface area contributed by atoms with Crippen molar-refractivity contribution >= 4 is 29.3 Å². The van der Waals surface area contributed by atoms with Gasteiger partial charge in [-0.1, -0.05) is 5.92 Å². The third-order valence-electron chi connectivity index (χ3n) is 4.42. The van der Waals surface area contributed by atoms with E-state index in [-0.39, 0.29) is 11.5 Å². The minimum absolute atomic E-state index is 0.0981. The Morgan fingerprint density at radius 1 is 1.24 bits per heavy atom. The van der Waals surface area contributed by atoms with Gasteiger partial charge in [0.15, 0.2) is 11.8 Å². The minimum Gasteiger partial charge on any atom is -0.387 e. The van der Waals surface area contributed by atoms with Crippen LogP contribution in [0.2, 0.25) is 0 Å². The van der Waals surface area contributed by atoms with Crippen molar-refractivity contribution < 1.29 is 56.3 Å². The molecule has 1 aliphatic rings. The zero-order valence-corrected chi connectivity index (χ0v) is 20.5. The summed E-state index contributed by atoms with van der Waals surface area (Å²) in [6, 6.07) is 1.32. The van der Waals surface area contributed by atoms with Crippen LogP contribution in [0.15, 0.2) is 10.9 Å². The molecule has 1 aromatic heterocycles. The minimum atomic E-state index is -5.77. The number of anilines is 1. The SMILES string of the molecule is CC#CC1(N)[C@@H](O)C([C@@H](C)OP(=O)(O)OP(=O)(O)OP(=O)(O)O)O[C@H]1n1c(C)cc(N)nc1=O. The summed E-state index contributed by atoms with van der Waals surface area (Å²) in [5.41, 5.74) is 9.15. The summed E-state index contributed by atoms with van der Waals surface area (Å²) in [5.74, 6) is 4.91. The lowest BCUT2D eigenvalue weighted by Crippen LogP contribution is -2.55. The van der Waals surface area contributed by atoms with Crippen LogP contribution in [-0.4, -0.2) is 58.1 Å². The molecule has 9 N–H and O–H groups in total. The van der Waals surface area contributed by atoms with Crippen molar-refractivity contribution in [3.8, 4) is 11.8 Å². The van der Waals surface area contributed by atoms with E-state index in [2.05, 4.69) is 30.0 Å². The molecule has 2 rings (SSSR count). The van der Waals surface area contributed by atoms with Crippen LogP contribution in [0.1, 0.15) is 25.8 Å². The highest BCUT2D eigenvalue weighted by molar-refractivity contribution is 7.66. The molecule has 1 saturated heterocycles. The molecular formula is C14H23N4O13P3. The average molecular weight is 548 g/mol. The molecule has 17 nitrogen and oxygen atoms in total.